The van der Waals surface area contributed by atoms with E-state index >= 15 is 0 Å². The molecule has 1 fully saturated rings. The predicted molar refractivity (Wildman–Crippen MR) is 92.9 cm³/mol. The average Bonchev–Trinajstić information content (AvgIpc) is 2.58. The van der Waals surface area contributed by atoms with E-state index in [0.717, 1.165) is 6.42 Å². The summed E-state index contributed by atoms with van der Waals surface area (Å²) in [5, 5.41) is 14.4. The van der Waals surface area contributed by atoms with Crippen LogP contribution in [-0.2, 0) is 9.63 Å². The molecule has 1 saturated carbocycles. The minimum atomic E-state index is -4.13. The zero-order chi connectivity index (χ0) is 19.3. The van der Waals surface area contributed by atoms with Crippen molar-refractivity contribution >= 4 is 11.5 Å². The molecule has 0 radical (unpaired) electrons. The number of Topliss-reactive ketones (excluding diaryl/α,β-unsaturated/α-hetero) is 1. The van der Waals surface area contributed by atoms with Gasteiger partial charge in [-0.2, -0.15) is 13.2 Å². The summed E-state index contributed by atoms with van der Waals surface area (Å²) in [6, 6.07) is 0. The number of hydrogen-bond acceptors (Lipinski definition) is 4. The van der Waals surface area contributed by atoms with Gasteiger partial charge in [-0.15, -0.1) is 0 Å². The molecule has 0 aromatic carbocycles. The van der Waals surface area contributed by atoms with Gasteiger partial charge in [-0.3, -0.25) is 4.79 Å². The van der Waals surface area contributed by atoms with Crippen LogP contribution in [0.2, 0.25) is 0 Å². The standard InChI is InChI=1S/C19H28F3NO3/c1-3-5-15(23-26-4-2)18-16(24)10-13(11-17(18)25)12-6-8-14(9-7-12)19(20,21)22/h12-14,24H,3-11H2,1-2H3. The van der Waals surface area contributed by atoms with Gasteiger partial charge in [0.15, 0.2) is 5.78 Å². The molecule has 2 aliphatic carbocycles. The molecule has 7 heteroatoms. The highest BCUT2D eigenvalue weighted by molar-refractivity contribution is 6.23. The van der Waals surface area contributed by atoms with E-state index in [1.807, 2.05) is 6.92 Å². The smallest absolute Gasteiger partial charge is 0.391 e. The van der Waals surface area contributed by atoms with Gasteiger partial charge in [0, 0.05) is 12.8 Å². The van der Waals surface area contributed by atoms with E-state index in [-0.39, 0.29) is 48.2 Å². The Morgan fingerprint density at radius 1 is 1.15 bits per heavy atom. The second-order valence-corrected chi connectivity index (χ2v) is 7.27. The Hall–Kier alpha value is -1.53. The highest BCUT2D eigenvalue weighted by Gasteiger charge is 2.43. The Morgan fingerprint density at radius 3 is 2.31 bits per heavy atom. The summed E-state index contributed by atoms with van der Waals surface area (Å²) >= 11 is 0. The van der Waals surface area contributed by atoms with Crippen molar-refractivity contribution in [3.8, 4) is 0 Å². The summed E-state index contributed by atoms with van der Waals surface area (Å²) in [7, 11) is 0. The van der Waals surface area contributed by atoms with Gasteiger partial charge in [-0.1, -0.05) is 18.5 Å². The number of aliphatic hydroxyl groups excluding tert-OH is 1. The van der Waals surface area contributed by atoms with Crippen molar-refractivity contribution < 1.29 is 27.9 Å². The maximum Gasteiger partial charge on any atom is 0.391 e. The van der Waals surface area contributed by atoms with Gasteiger partial charge in [0.05, 0.1) is 17.2 Å². The minimum absolute atomic E-state index is 0.0103. The lowest BCUT2D eigenvalue weighted by Crippen LogP contribution is -2.33. The molecule has 0 aromatic heterocycles. The van der Waals surface area contributed by atoms with E-state index in [2.05, 4.69) is 5.16 Å². The van der Waals surface area contributed by atoms with Crippen LogP contribution < -0.4 is 0 Å². The Morgan fingerprint density at radius 2 is 1.81 bits per heavy atom. The first-order chi connectivity index (χ1) is 12.3. The summed E-state index contributed by atoms with van der Waals surface area (Å²) in [5.41, 5.74) is 0.719. The first-order valence-electron chi connectivity index (χ1n) is 9.49. The second-order valence-electron chi connectivity index (χ2n) is 7.27. The van der Waals surface area contributed by atoms with Crippen LogP contribution >= 0.6 is 0 Å². The fraction of sp³-hybridized carbons (Fsp3) is 0.789. The van der Waals surface area contributed by atoms with Crippen molar-refractivity contribution in [2.45, 2.75) is 71.4 Å². The van der Waals surface area contributed by atoms with E-state index in [4.69, 9.17) is 4.84 Å². The van der Waals surface area contributed by atoms with Crippen molar-refractivity contribution in [1.29, 1.82) is 0 Å². The topological polar surface area (TPSA) is 58.9 Å². The predicted octanol–water partition coefficient (Wildman–Crippen LogP) is 5.34. The van der Waals surface area contributed by atoms with Crippen LogP contribution in [0.3, 0.4) is 0 Å². The van der Waals surface area contributed by atoms with Crippen molar-refractivity contribution in [2.75, 3.05) is 6.61 Å². The number of allylic oxidation sites excluding steroid dienone is 2. The van der Waals surface area contributed by atoms with E-state index in [1.165, 1.54) is 0 Å². The molecule has 0 aromatic rings. The fourth-order valence-electron chi connectivity index (χ4n) is 4.10. The van der Waals surface area contributed by atoms with Crippen molar-refractivity contribution in [3.63, 3.8) is 0 Å². The summed E-state index contributed by atoms with van der Waals surface area (Å²) in [5.74, 6) is -1.43. The highest BCUT2D eigenvalue weighted by atomic mass is 19.4. The van der Waals surface area contributed by atoms with Crippen LogP contribution in [0, 0.1) is 17.8 Å². The monoisotopic (exact) mass is 375 g/mol. The van der Waals surface area contributed by atoms with Gasteiger partial charge in [-0.25, -0.2) is 0 Å². The summed E-state index contributed by atoms with van der Waals surface area (Å²) in [4.78, 5) is 17.7. The van der Waals surface area contributed by atoms with Crippen LogP contribution in [0.15, 0.2) is 16.5 Å². The lowest BCUT2D eigenvalue weighted by Gasteiger charge is -2.36. The van der Waals surface area contributed by atoms with Gasteiger partial charge in [0.2, 0.25) is 0 Å². The number of rotatable bonds is 6. The molecule has 2 aliphatic rings. The van der Waals surface area contributed by atoms with Crippen LogP contribution in [0.4, 0.5) is 13.2 Å². The van der Waals surface area contributed by atoms with Gasteiger partial charge in [0.25, 0.3) is 0 Å². The molecule has 0 amide bonds. The molecule has 1 N–H and O–H groups in total. The summed E-state index contributed by atoms with van der Waals surface area (Å²) in [6.45, 7) is 4.12. The largest absolute Gasteiger partial charge is 0.511 e. The first kappa shape index (κ1) is 20.8. The molecule has 0 spiro atoms. The van der Waals surface area contributed by atoms with Crippen LogP contribution in [0.1, 0.15) is 65.2 Å². The number of nitrogens with zero attached hydrogens (tertiary/aromatic N) is 1. The van der Waals surface area contributed by atoms with E-state index < -0.39 is 12.1 Å². The number of aliphatic hydroxyl groups is 1. The number of halogens is 3. The van der Waals surface area contributed by atoms with Gasteiger partial charge in [-0.05, 0) is 50.9 Å². The van der Waals surface area contributed by atoms with Gasteiger partial charge < -0.3 is 9.94 Å². The van der Waals surface area contributed by atoms with Crippen LogP contribution in [0.5, 0.6) is 0 Å². The molecule has 0 bridgehead atoms. The highest BCUT2D eigenvalue weighted by Crippen LogP contribution is 2.44. The quantitative estimate of drug-likeness (QED) is 0.504. The van der Waals surface area contributed by atoms with E-state index in [0.29, 0.717) is 38.0 Å². The Bertz CT molecular complexity index is 561. The number of carbonyl (C=O) groups is 1. The Kier molecular flexibility index (Phi) is 7.12. The van der Waals surface area contributed by atoms with Gasteiger partial charge in [0.1, 0.15) is 12.4 Å². The maximum atomic E-state index is 12.8. The molecular weight excluding hydrogens is 347 g/mol. The summed E-state index contributed by atoms with van der Waals surface area (Å²) < 4.78 is 38.5. The molecule has 1 atom stereocenters. The minimum Gasteiger partial charge on any atom is -0.511 e. The molecule has 0 saturated heterocycles. The number of carbonyl (C=O) groups excluding carboxylic acids is 1. The Labute approximate surface area is 152 Å². The number of ketones is 1. The second kappa shape index (κ2) is 8.91. The lowest BCUT2D eigenvalue weighted by molar-refractivity contribution is -0.185. The summed E-state index contributed by atoms with van der Waals surface area (Å²) in [6.07, 6.45) is -1.10. The number of alkyl halides is 3. The molecular formula is C19H28F3NO3. The van der Waals surface area contributed by atoms with E-state index in [1.54, 1.807) is 6.92 Å². The molecule has 2 rings (SSSR count). The number of oxime groups is 1. The first-order valence-corrected chi connectivity index (χ1v) is 9.49. The molecule has 1 unspecified atom stereocenters. The maximum absolute atomic E-state index is 12.8. The third-order valence-corrected chi connectivity index (χ3v) is 5.45. The third kappa shape index (κ3) is 5.01. The molecule has 0 heterocycles. The van der Waals surface area contributed by atoms with Crippen molar-refractivity contribution in [2.24, 2.45) is 22.9 Å². The zero-order valence-electron chi connectivity index (χ0n) is 15.4. The zero-order valence-corrected chi connectivity index (χ0v) is 15.4. The molecule has 4 nitrogen and oxygen atoms in total. The van der Waals surface area contributed by atoms with Crippen molar-refractivity contribution in [3.05, 3.63) is 11.3 Å². The van der Waals surface area contributed by atoms with Gasteiger partial charge >= 0.3 is 6.18 Å². The van der Waals surface area contributed by atoms with E-state index in [9.17, 15) is 23.1 Å². The molecule has 26 heavy (non-hydrogen) atoms. The SMILES string of the molecule is CCCC(=NOCC)C1=C(O)CC(C2CCC(C(F)(F)F)CC2)CC1=O. The lowest BCUT2D eigenvalue weighted by atomic mass is 9.70. The fourth-order valence-corrected chi connectivity index (χ4v) is 4.10. The van der Waals surface area contributed by atoms with Crippen LogP contribution in [-0.4, -0.2) is 29.4 Å². The molecule has 148 valence electrons. The molecule has 0 aliphatic heterocycles. The Balaban J connectivity index is 2.07. The van der Waals surface area contributed by atoms with Crippen molar-refractivity contribution in [1.82, 2.24) is 0 Å². The third-order valence-electron chi connectivity index (χ3n) is 5.45. The normalized spacial score (nSPS) is 28.4. The average molecular weight is 375 g/mol. The number of hydrogen-bond donors (Lipinski definition) is 1. The van der Waals surface area contributed by atoms with Crippen LogP contribution in [0.25, 0.3) is 0 Å².